The molecule has 2 fully saturated rings. The van der Waals surface area contributed by atoms with Crippen LogP contribution in [-0.4, -0.2) is 84.0 Å². The molecule has 3 aliphatic rings. The molecule has 2 aromatic carbocycles. The van der Waals surface area contributed by atoms with Crippen LogP contribution in [0.1, 0.15) is 47.3 Å². The molecular formula is C27H30FN5O4. The second-order valence-corrected chi connectivity index (χ2v) is 9.87. The van der Waals surface area contributed by atoms with Crippen LogP contribution >= 0.6 is 0 Å². The monoisotopic (exact) mass is 507 g/mol. The van der Waals surface area contributed by atoms with Crippen molar-refractivity contribution < 1.29 is 23.5 Å². The zero-order chi connectivity index (χ0) is 26.2. The molecule has 2 aromatic rings. The van der Waals surface area contributed by atoms with Gasteiger partial charge in [-0.2, -0.15) is 0 Å². The Morgan fingerprint density at radius 2 is 1.84 bits per heavy atom. The fourth-order valence-electron chi connectivity index (χ4n) is 5.24. The van der Waals surface area contributed by atoms with E-state index in [2.05, 4.69) is 15.4 Å². The molecule has 0 aromatic heterocycles. The highest BCUT2D eigenvalue weighted by molar-refractivity contribution is 5.99. The van der Waals surface area contributed by atoms with Gasteiger partial charge in [0.2, 0.25) is 11.8 Å². The lowest BCUT2D eigenvalue weighted by Crippen LogP contribution is -2.58. The summed E-state index contributed by atoms with van der Waals surface area (Å²) in [6, 6.07) is 10.6. The van der Waals surface area contributed by atoms with E-state index in [0.717, 1.165) is 25.7 Å². The van der Waals surface area contributed by atoms with Crippen molar-refractivity contribution in [3.8, 4) is 5.75 Å². The predicted octanol–water partition coefficient (Wildman–Crippen LogP) is 2.18. The summed E-state index contributed by atoms with van der Waals surface area (Å²) in [5, 5.41) is 4.16. The van der Waals surface area contributed by atoms with Gasteiger partial charge in [-0.15, -0.1) is 5.10 Å². The molecule has 1 N–H and O–H groups in total. The average molecular weight is 508 g/mol. The van der Waals surface area contributed by atoms with E-state index in [-0.39, 0.29) is 23.1 Å². The molecule has 0 bridgehead atoms. The Morgan fingerprint density at radius 1 is 1.11 bits per heavy atom. The minimum atomic E-state index is -0.652. The molecule has 0 aliphatic carbocycles. The molecule has 0 radical (unpaired) electrons. The summed E-state index contributed by atoms with van der Waals surface area (Å²) in [7, 11) is 1.97. The van der Waals surface area contributed by atoms with Gasteiger partial charge >= 0.3 is 0 Å². The van der Waals surface area contributed by atoms with Gasteiger partial charge in [-0.05, 0) is 63.2 Å². The normalized spacial score (nSPS) is 23.6. The van der Waals surface area contributed by atoms with Gasteiger partial charge in [-0.25, -0.2) is 4.39 Å². The van der Waals surface area contributed by atoms with E-state index in [4.69, 9.17) is 4.74 Å². The lowest BCUT2D eigenvalue weighted by molar-refractivity contribution is -0.142. The van der Waals surface area contributed by atoms with Crippen LogP contribution in [0.3, 0.4) is 0 Å². The molecule has 0 spiro atoms. The van der Waals surface area contributed by atoms with E-state index in [1.54, 1.807) is 28.0 Å². The predicted molar refractivity (Wildman–Crippen MR) is 135 cm³/mol. The molecule has 2 amide bonds. The molecule has 194 valence electrons. The molecular weight excluding hydrogens is 477 g/mol. The molecule has 3 aliphatic heterocycles. The highest BCUT2D eigenvalue weighted by Gasteiger charge is 2.44. The van der Waals surface area contributed by atoms with Crippen LogP contribution in [0.25, 0.3) is 0 Å². The van der Waals surface area contributed by atoms with Crippen molar-refractivity contribution in [2.45, 2.75) is 31.3 Å². The number of hydrogen-bond donors (Lipinski definition) is 1. The van der Waals surface area contributed by atoms with Gasteiger partial charge in [-0.1, -0.05) is 18.2 Å². The Bertz CT molecular complexity index is 1260. The van der Waals surface area contributed by atoms with Crippen molar-refractivity contribution in [1.29, 1.82) is 0 Å². The van der Waals surface area contributed by atoms with E-state index in [1.807, 2.05) is 20.0 Å². The molecule has 2 saturated heterocycles. The number of rotatable bonds is 4. The fraction of sp³-hybridized carbons (Fsp3) is 0.407. The van der Waals surface area contributed by atoms with Crippen molar-refractivity contribution in [2.24, 2.45) is 5.10 Å². The first kappa shape index (κ1) is 24.9. The first-order valence-corrected chi connectivity index (χ1v) is 12.5. The lowest BCUT2D eigenvalue weighted by Gasteiger charge is -2.40. The van der Waals surface area contributed by atoms with E-state index < -0.39 is 23.3 Å². The Labute approximate surface area is 214 Å². The Hall–Kier alpha value is -3.79. The molecule has 10 heteroatoms. The number of piperazine rings is 1. The quantitative estimate of drug-likeness (QED) is 0.638. The number of nitrogens with one attached hydrogen (secondary N) is 1. The summed E-state index contributed by atoms with van der Waals surface area (Å²) in [6.45, 7) is 4.33. The number of ether oxygens (including phenoxy) is 1. The van der Waals surface area contributed by atoms with Crippen LogP contribution in [0.4, 0.5) is 4.39 Å². The number of benzene rings is 2. The molecule has 3 heterocycles. The third-order valence-corrected chi connectivity index (χ3v) is 7.66. The lowest BCUT2D eigenvalue weighted by atomic mass is 9.96. The second-order valence-electron chi connectivity index (χ2n) is 9.87. The minimum absolute atomic E-state index is 0.0835. The smallest absolute Gasteiger partial charge is 0.257 e. The van der Waals surface area contributed by atoms with Crippen LogP contribution in [0.5, 0.6) is 5.75 Å². The van der Waals surface area contributed by atoms with Crippen molar-refractivity contribution >= 4 is 24.0 Å². The summed E-state index contributed by atoms with van der Waals surface area (Å²) in [5.74, 6) is -0.558. The molecule has 5 rings (SSSR count). The largest absolute Gasteiger partial charge is 0.437 e. The minimum Gasteiger partial charge on any atom is -0.437 e. The third-order valence-electron chi connectivity index (χ3n) is 7.66. The van der Waals surface area contributed by atoms with Gasteiger partial charge in [0.25, 0.3) is 5.91 Å². The van der Waals surface area contributed by atoms with Gasteiger partial charge in [0, 0.05) is 31.7 Å². The summed E-state index contributed by atoms with van der Waals surface area (Å²) >= 11 is 0. The first-order valence-electron chi connectivity index (χ1n) is 12.5. The van der Waals surface area contributed by atoms with Gasteiger partial charge in [0.05, 0.1) is 11.1 Å². The van der Waals surface area contributed by atoms with Gasteiger partial charge in [0.1, 0.15) is 23.9 Å². The third kappa shape index (κ3) is 4.57. The maximum absolute atomic E-state index is 14.7. The number of aldehydes is 1. The number of likely N-dealkylation sites (N-methyl/N-ethyl adjacent to an activating group) is 1. The van der Waals surface area contributed by atoms with Crippen LogP contribution in [0.15, 0.2) is 47.6 Å². The SMILES string of the molecule is CN1CCCC1(C)C(=O)N1CCN(C(=O)c2cc(OC3=NN[C@@H](C=O)c4ccccc43)ccc2F)CC1. The number of nitrogens with zero attached hydrogens (tertiary/aromatic N) is 4. The molecule has 1 unspecified atom stereocenters. The Kier molecular flexibility index (Phi) is 6.68. The molecule has 37 heavy (non-hydrogen) atoms. The maximum atomic E-state index is 14.7. The van der Waals surface area contributed by atoms with Crippen LogP contribution in [0, 0.1) is 5.82 Å². The zero-order valence-corrected chi connectivity index (χ0v) is 20.9. The number of fused-ring (bicyclic) bond motifs is 1. The van der Waals surface area contributed by atoms with Crippen LogP contribution in [0.2, 0.25) is 0 Å². The van der Waals surface area contributed by atoms with Crippen molar-refractivity contribution in [3.63, 3.8) is 0 Å². The second kappa shape index (κ2) is 9.93. The van der Waals surface area contributed by atoms with E-state index >= 15 is 0 Å². The van der Waals surface area contributed by atoms with Gasteiger partial charge in [-0.3, -0.25) is 19.9 Å². The standard InChI is InChI=1S/C27H30FN5O4/c1-27(10-5-11-31(27)2)26(36)33-14-12-32(13-15-33)25(35)21-16-18(8-9-22(21)28)37-24-20-7-4-3-6-19(20)23(17-34)29-30-24/h3-4,6-9,16-17,23,29H,5,10-15H2,1-2H3/t23-,27?/m0/s1. The summed E-state index contributed by atoms with van der Waals surface area (Å²) in [4.78, 5) is 43.2. The summed E-state index contributed by atoms with van der Waals surface area (Å²) in [5.41, 5.74) is 3.48. The fourth-order valence-corrected chi connectivity index (χ4v) is 5.24. The highest BCUT2D eigenvalue weighted by Crippen LogP contribution is 2.30. The number of carbonyl (C=O) groups is 3. The maximum Gasteiger partial charge on any atom is 0.257 e. The van der Waals surface area contributed by atoms with Crippen LogP contribution in [-0.2, 0) is 9.59 Å². The van der Waals surface area contributed by atoms with Gasteiger partial charge in [0.15, 0.2) is 0 Å². The first-order chi connectivity index (χ1) is 17.8. The van der Waals surface area contributed by atoms with E-state index in [9.17, 15) is 18.8 Å². The molecule has 9 nitrogen and oxygen atoms in total. The summed E-state index contributed by atoms with van der Waals surface area (Å²) in [6.07, 6.45) is 2.56. The molecule has 2 atom stereocenters. The van der Waals surface area contributed by atoms with Crippen LogP contribution < -0.4 is 10.2 Å². The zero-order valence-electron chi connectivity index (χ0n) is 20.9. The number of likely N-dealkylation sites (tertiary alicyclic amines) is 1. The highest BCUT2D eigenvalue weighted by atomic mass is 19.1. The van der Waals surface area contributed by atoms with Gasteiger partial charge < -0.3 is 19.3 Å². The summed E-state index contributed by atoms with van der Waals surface area (Å²) < 4.78 is 20.6. The number of carbonyl (C=O) groups excluding carboxylic acids is 3. The molecule has 0 saturated carbocycles. The Morgan fingerprint density at radius 3 is 2.54 bits per heavy atom. The van der Waals surface area contributed by atoms with Crippen molar-refractivity contribution in [2.75, 3.05) is 39.8 Å². The van der Waals surface area contributed by atoms with Crippen molar-refractivity contribution in [3.05, 3.63) is 65.0 Å². The van der Waals surface area contributed by atoms with E-state index in [0.29, 0.717) is 37.3 Å². The van der Waals surface area contributed by atoms with E-state index in [1.165, 1.54) is 18.2 Å². The van der Waals surface area contributed by atoms with Crippen molar-refractivity contribution in [1.82, 2.24) is 20.1 Å². The number of halogens is 1. The Balaban J connectivity index is 1.28. The average Bonchev–Trinajstić information content (AvgIpc) is 3.28. The number of hydrogen-bond acceptors (Lipinski definition) is 7. The number of amides is 2. The topological polar surface area (TPSA) is 94.6 Å². The number of hydrazone groups is 1.